The molecule has 3 nitrogen and oxygen atoms in total. The summed E-state index contributed by atoms with van der Waals surface area (Å²) in [5.41, 5.74) is 0.0408. The first-order chi connectivity index (χ1) is 9.77. The summed E-state index contributed by atoms with van der Waals surface area (Å²) >= 11 is 0. The fourth-order valence-corrected chi connectivity index (χ4v) is 4.35. The molecule has 3 aliphatic rings. The van der Waals surface area contributed by atoms with Crippen molar-refractivity contribution in [1.29, 1.82) is 0 Å². The van der Waals surface area contributed by atoms with Gasteiger partial charge in [0, 0.05) is 31.7 Å². The average Bonchev–Trinajstić information content (AvgIpc) is 2.73. The topological polar surface area (TPSA) is 30.5 Å². The van der Waals surface area contributed by atoms with Crippen LogP contribution in [0.15, 0.2) is 0 Å². The summed E-state index contributed by atoms with van der Waals surface area (Å²) < 4.78 is 11.6. The third-order valence-electron chi connectivity index (χ3n) is 5.67. The molecule has 1 N–H and O–H groups in total. The Hall–Kier alpha value is -0.120. The second kappa shape index (κ2) is 6.76. The van der Waals surface area contributed by atoms with Gasteiger partial charge in [-0.2, -0.15) is 0 Å². The summed E-state index contributed by atoms with van der Waals surface area (Å²) in [6, 6.07) is 1.29. The zero-order chi connectivity index (χ0) is 13.8. The maximum atomic E-state index is 6.04. The van der Waals surface area contributed by atoms with Crippen LogP contribution < -0.4 is 5.32 Å². The van der Waals surface area contributed by atoms with Gasteiger partial charge in [-0.3, -0.25) is 0 Å². The lowest BCUT2D eigenvalue weighted by molar-refractivity contribution is -0.0908. The Kier molecular flexibility index (Phi) is 5.00. The van der Waals surface area contributed by atoms with E-state index >= 15 is 0 Å². The quantitative estimate of drug-likeness (QED) is 0.805. The molecule has 116 valence electrons. The minimum Gasteiger partial charge on any atom is -0.378 e. The van der Waals surface area contributed by atoms with Crippen LogP contribution in [-0.2, 0) is 9.47 Å². The second-order valence-electron chi connectivity index (χ2n) is 7.23. The van der Waals surface area contributed by atoms with E-state index in [1.165, 1.54) is 44.9 Å². The van der Waals surface area contributed by atoms with Gasteiger partial charge in [0.15, 0.2) is 0 Å². The molecule has 2 saturated heterocycles. The van der Waals surface area contributed by atoms with E-state index < -0.39 is 0 Å². The lowest BCUT2D eigenvalue weighted by Crippen LogP contribution is -2.50. The van der Waals surface area contributed by atoms with Crippen molar-refractivity contribution >= 4 is 0 Å². The van der Waals surface area contributed by atoms with Crippen molar-refractivity contribution < 1.29 is 9.47 Å². The van der Waals surface area contributed by atoms with Crippen LogP contribution in [0.4, 0.5) is 0 Å². The normalized spacial score (nSPS) is 38.0. The molecule has 3 rings (SSSR count). The molecule has 2 heterocycles. The molecule has 2 unspecified atom stereocenters. The first-order valence-electron chi connectivity index (χ1n) is 8.75. The van der Waals surface area contributed by atoms with Gasteiger partial charge >= 0.3 is 0 Å². The molecule has 3 fully saturated rings. The van der Waals surface area contributed by atoms with E-state index in [1.54, 1.807) is 0 Å². The third-order valence-corrected chi connectivity index (χ3v) is 5.67. The van der Waals surface area contributed by atoms with Crippen LogP contribution in [0.5, 0.6) is 0 Å². The highest BCUT2D eigenvalue weighted by Crippen LogP contribution is 2.34. The molecular formula is C17H31NO2. The van der Waals surface area contributed by atoms with Crippen LogP contribution in [0.2, 0.25) is 0 Å². The Morgan fingerprint density at radius 3 is 2.55 bits per heavy atom. The third kappa shape index (κ3) is 3.55. The van der Waals surface area contributed by atoms with Crippen molar-refractivity contribution in [1.82, 2.24) is 5.32 Å². The van der Waals surface area contributed by atoms with Gasteiger partial charge in [-0.15, -0.1) is 0 Å². The van der Waals surface area contributed by atoms with E-state index in [1.807, 2.05) is 0 Å². The van der Waals surface area contributed by atoms with Gasteiger partial charge < -0.3 is 14.8 Å². The second-order valence-corrected chi connectivity index (χ2v) is 7.23. The maximum absolute atomic E-state index is 6.04. The minimum absolute atomic E-state index is 0.0408. The number of nitrogens with one attached hydrogen (secondary N) is 1. The molecule has 3 heteroatoms. The Morgan fingerprint density at radius 2 is 1.85 bits per heavy atom. The highest BCUT2D eigenvalue weighted by Gasteiger charge is 2.41. The molecule has 1 aliphatic carbocycles. The Labute approximate surface area is 123 Å². The molecule has 0 aromatic carbocycles. The molecule has 1 saturated carbocycles. The Balaban J connectivity index is 1.51. The van der Waals surface area contributed by atoms with Gasteiger partial charge in [-0.05, 0) is 38.5 Å². The van der Waals surface area contributed by atoms with E-state index in [-0.39, 0.29) is 5.60 Å². The summed E-state index contributed by atoms with van der Waals surface area (Å²) in [5.74, 6) is 0.885. The largest absolute Gasteiger partial charge is 0.378 e. The highest BCUT2D eigenvalue weighted by molar-refractivity contribution is 4.94. The summed E-state index contributed by atoms with van der Waals surface area (Å²) in [6.07, 6.45) is 12.0. The minimum atomic E-state index is 0.0408. The van der Waals surface area contributed by atoms with Crippen molar-refractivity contribution in [3.05, 3.63) is 0 Å². The number of rotatable bonds is 3. The van der Waals surface area contributed by atoms with E-state index in [4.69, 9.17) is 9.47 Å². The zero-order valence-electron chi connectivity index (χ0n) is 13.0. The fraction of sp³-hybridized carbons (Fsp3) is 1.00. The Morgan fingerprint density at radius 1 is 1.05 bits per heavy atom. The van der Waals surface area contributed by atoms with Gasteiger partial charge in [0.2, 0.25) is 0 Å². The van der Waals surface area contributed by atoms with Crippen molar-refractivity contribution in [2.45, 2.75) is 82.4 Å². The van der Waals surface area contributed by atoms with E-state index in [0.717, 1.165) is 38.6 Å². The standard InChI is InChI=1S/C17H31NO2/c1-14(15-6-4-2-3-5-7-15)18-16-8-10-20-17(12-16)9-11-19-13-17/h14-16,18H,2-13H2,1H3/t14-,16?,17?/m1/s1. The van der Waals surface area contributed by atoms with Gasteiger partial charge in [-0.25, -0.2) is 0 Å². The number of hydrogen-bond donors (Lipinski definition) is 1. The molecule has 20 heavy (non-hydrogen) atoms. The lowest BCUT2D eigenvalue weighted by Gasteiger charge is -2.39. The molecule has 0 aromatic heterocycles. The van der Waals surface area contributed by atoms with Crippen LogP contribution >= 0.6 is 0 Å². The van der Waals surface area contributed by atoms with E-state index in [2.05, 4.69) is 12.2 Å². The summed E-state index contributed by atoms with van der Waals surface area (Å²) in [7, 11) is 0. The smallest absolute Gasteiger partial charge is 0.0951 e. The first-order valence-corrected chi connectivity index (χ1v) is 8.75. The van der Waals surface area contributed by atoms with Crippen molar-refractivity contribution in [3.8, 4) is 0 Å². The molecule has 3 atom stereocenters. The fourth-order valence-electron chi connectivity index (χ4n) is 4.35. The predicted molar refractivity (Wildman–Crippen MR) is 80.9 cm³/mol. The Bertz CT molecular complexity index is 293. The van der Waals surface area contributed by atoms with E-state index in [9.17, 15) is 0 Å². The molecule has 0 amide bonds. The molecular weight excluding hydrogens is 250 g/mol. The van der Waals surface area contributed by atoms with Crippen molar-refractivity contribution in [2.75, 3.05) is 19.8 Å². The van der Waals surface area contributed by atoms with E-state index in [0.29, 0.717) is 12.1 Å². The predicted octanol–water partition coefficient (Wildman–Crippen LogP) is 3.27. The number of ether oxygens (including phenoxy) is 2. The van der Waals surface area contributed by atoms with Crippen LogP contribution in [-0.4, -0.2) is 37.5 Å². The average molecular weight is 281 g/mol. The molecule has 2 aliphatic heterocycles. The highest BCUT2D eigenvalue weighted by atomic mass is 16.6. The molecule has 0 aromatic rings. The summed E-state index contributed by atoms with van der Waals surface area (Å²) in [6.45, 7) is 5.00. The maximum Gasteiger partial charge on any atom is 0.0951 e. The monoisotopic (exact) mass is 281 g/mol. The molecule has 0 bridgehead atoms. The summed E-state index contributed by atoms with van der Waals surface area (Å²) in [4.78, 5) is 0. The molecule has 1 spiro atoms. The first kappa shape index (κ1) is 14.8. The summed E-state index contributed by atoms with van der Waals surface area (Å²) in [5, 5.41) is 3.93. The van der Waals surface area contributed by atoms with Gasteiger partial charge in [0.05, 0.1) is 12.2 Å². The van der Waals surface area contributed by atoms with Crippen LogP contribution in [0.25, 0.3) is 0 Å². The van der Waals surface area contributed by atoms with Crippen LogP contribution in [0.1, 0.15) is 64.7 Å². The van der Waals surface area contributed by atoms with Gasteiger partial charge in [0.1, 0.15) is 0 Å². The number of hydrogen-bond acceptors (Lipinski definition) is 3. The molecule has 0 radical (unpaired) electrons. The zero-order valence-corrected chi connectivity index (χ0v) is 13.0. The van der Waals surface area contributed by atoms with Gasteiger partial charge in [0.25, 0.3) is 0 Å². The van der Waals surface area contributed by atoms with Gasteiger partial charge in [-0.1, -0.05) is 25.7 Å². The van der Waals surface area contributed by atoms with Crippen molar-refractivity contribution in [2.24, 2.45) is 5.92 Å². The lowest BCUT2D eigenvalue weighted by atomic mass is 9.87. The van der Waals surface area contributed by atoms with Crippen LogP contribution in [0, 0.1) is 5.92 Å². The van der Waals surface area contributed by atoms with Crippen molar-refractivity contribution in [3.63, 3.8) is 0 Å². The van der Waals surface area contributed by atoms with Crippen LogP contribution in [0.3, 0.4) is 0 Å². The SMILES string of the molecule is C[C@@H](NC1CCOC2(CCOC2)C1)C1CCCCCC1.